The van der Waals surface area contributed by atoms with Crippen molar-refractivity contribution in [3.63, 3.8) is 0 Å². The maximum Gasteiger partial charge on any atom is 0.185 e. The molecule has 2 aromatic rings. The highest BCUT2D eigenvalue weighted by molar-refractivity contribution is 9.10. The van der Waals surface area contributed by atoms with Crippen molar-refractivity contribution in [2.75, 3.05) is 14.2 Å². The molecule has 0 spiro atoms. The van der Waals surface area contributed by atoms with Crippen molar-refractivity contribution in [1.82, 2.24) is 9.55 Å². The van der Waals surface area contributed by atoms with Crippen LogP contribution in [0, 0.1) is 0 Å². The molecule has 1 heterocycles. The van der Waals surface area contributed by atoms with Gasteiger partial charge in [0.05, 0.1) is 15.6 Å². The molecular weight excluding hydrogens is 312 g/mol. The molecule has 0 N–H and O–H groups in total. The highest BCUT2D eigenvalue weighted by Crippen LogP contribution is 2.28. The Morgan fingerprint density at radius 2 is 2.16 bits per heavy atom. The molecule has 0 radical (unpaired) electrons. The maximum absolute atomic E-state index is 11.0. The Morgan fingerprint density at radius 1 is 1.42 bits per heavy atom. The summed E-state index contributed by atoms with van der Waals surface area (Å²) in [6.45, 7) is 0.353. The van der Waals surface area contributed by atoms with E-state index in [4.69, 9.17) is 10.8 Å². The lowest BCUT2D eigenvalue weighted by Gasteiger charge is -2.10. The second kappa shape index (κ2) is 5.88. The molecule has 6 heteroatoms. The van der Waals surface area contributed by atoms with Crippen LogP contribution in [0.15, 0.2) is 29.0 Å². The quantitative estimate of drug-likeness (QED) is 0.793. The number of rotatable bonds is 5. The number of imidazole rings is 1. The Balaban J connectivity index is 2.37. The molecule has 0 fully saturated rings. The zero-order chi connectivity index (χ0) is 14.7. The van der Waals surface area contributed by atoms with Crippen LogP contribution >= 0.6 is 15.9 Å². The summed E-state index contributed by atoms with van der Waals surface area (Å²) in [5.74, 6) is 1.43. The molecule has 0 aliphatic rings. The van der Waals surface area contributed by atoms with E-state index in [1.165, 1.54) is 4.57 Å². The number of nitrogens with zero attached hydrogens (tertiary/aromatic N) is 2. The topological polar surface area (TPSA) is 53.4 Å². The molecule has 0 atom stereocenters. The fourth-order valence-electron chi connectivity index (χ4n) is 1.73. The van der Waals surface area contributed by atoms with Gasteiger partial charge in [0, 0.05) is 12.7 Å². The molecule has 100 valence electrons. The standard InChI is InChI=1S/C13H13BrN2O3/c1-18-10-4-3-9(5-11(10)19-2)6-16-7-12(14)15-13(16)8-17/h3-5,7-8H,6H2,1-2H3/i7D. The third-order valence-corrected chi connectivity index (χ3v) is 2.97. The van der Waals surface area contributed by atoms with Gasteiger partial charge in [0.2, 0.25) is 0 Å². The van der Waals surface area contributed by atoms with Crippen molar-refractivity contribution >= 4 is 22.2 Å². The predicted molar refractivity (Wildman–Crippen MR) is 74.0 cm³/mol. The number of carbonyl (C=O) groups is 1. The zero-order valence-electron chi connectivity index (χ0n) is 11.5. The van der Waals surface area contributed by atoms with Crippen LogP contribution in [0.25, 0.3) is 0 Å². The Labute approximate surface area is 120 Å². The summed E-state index contributed by atoms with van der Waals surface area (Å²) in [6.07, 6.45) is 0.783. The molecule has 0 saturated heterocycles. The van der Waals surface area contributed by atoms with Crippen LogP contribution in [-0.2, 0) is 6.54 Å². The molecule has 0 amide bonds. The van der Waals surface area contributed by atoms with Crippen molar-refractivity contribution in [3.8, 4) is 11.5 Å². The molecule has 0 unspecified atom stereocenters. The number of hydrogen-bond donors (Lipinski definition) is 0. The van der Waals surface area contributed by atoms with Crippen molar-refractivity contribution in [2.24, 2.45) is 0 Å². The average Bonchev–Trinajstić information content (AvgIpc) is 2.74. The lowest BCUT2D eigenvalue weighted by Crippen LogP contribution is -2.03. The van der Waals surface area contributed by atoms with Gasteiger partial charge in [-0.2, -0.15) is 0 Å². The minimum Gasteiger partial charge on any atom is -0.493 e. The number of hydrogen-bond acceptors (Lipinski definition) is 4. The first-order valence-electron chi connectivity index (χ1n) is 5.99. The maximum atomic E-state index is 11.0. The summed E-state index contributed by atoms with van der Waals surface area (Å²) in [5.41, 5.74) is 0.879. The second-order valence-corrected chi connectivity index (χ2v) is 4.52. The van der Waals surface area contributed by atoms with E-state index in [1.807, 2.05) is 6.07 Å². The summed E-state index contributed by atoms with van der Waals surface area (Å²) in [7, 11) is 3.12. The van der Waals surface area contributed by atoms with Crippen LogP contribution in [0.4, 0.5) is 0 Å². The van der Waals surface area contributed by atoms with Crippen molar-refractivity contribution < 1.29 is 15.6 Å². The molecule has 2 rings (SSSR count). The molecule has 1 aromatic heterocycles. The zero-order valence-corrected chi connectivity index (χ0v) is 12.1. The van der Waals surface area contributed by atoms with E-state index in [1.54, 1.807) is 26.4 Å². The predicted octanol–water partition coefficient (Wildman–Crippen LogP) is 2.52. The average molecular weight is 326 g/mol. The number of ether oxygens (including phenoxy) is 2. The summed E-state index contributed by atoms with van der Waals surface area (Å²) >= 11 is 3.15. The van der Waals surface area contributed by atoms with E-state index >= 15 is 0 Å². The summed E-state index contributed by atoms with van der Waals surface area (Å²) < 4.78 is 20.1. The van der Waals surface area contributed by atoms with Gasteiger partial charge in [-0.1, -0.05) is 6.07 Å². The van der Waals surface area contributed by atoms with E-state index in [2.05, 4.69) is 20.9 Å². The number of benzene rings is 1. The Hall–Kier alpha value is -1.82. The highest BCUT2D eigenvalue weighted by Gasteiger charge is 2.08. The monoisotopic (exact) mass is 325 g/mol. The van der Waals surface area contributed by atoms with Crippen LogP contribution in [0.1, 0.15) is 17.6 Å². The lowest BCUT2D eigenvalue weighted by atomic mass is 10.2. The number of aromatic nitrogens is 2. The fourth-order valence-corrected chi connectivity index (χ4v) is 2.12. The number of halogens is 1. The first-order chi connectivity index (χ1) is 9.60. The Kier molecular flexibility index (Phi) is 3.78. The van der Waals surface area contributed by atoms with Crippen molar-refractivity contribution in [1.29, 1.82) is 0 Å². The van der Waals surface area contributed by atoms with E-state index in [9.17, 15) is 4.79 Å². The third kappa shape index (κ3) is 2.96. The van der Waals surface area contributed by atoms with Gasteiger partial charge in [0.15, 0.2) is 23.6 Å². The highest BCUT2D eigenvalue weighted by atomic mass is 79.9. The van der Waals surface area contributed by atoms with Crippen LogP contribution in [0.2, 0.25) is 0 Å². The summed E-state index contributed by atoms with van der Waals surface area (Å²) in [4.78, 5) is 14.9. The smallest absolute Gasteiger partial charge is 0.185 e. The largest absolute Gasteiger partial charge is 0.493 e. The van der Waals surface area contributed by atoms with Gasteiger partial charge >= 0.3 is 0 Å². The van der Waals surface area contributed by atoms with Gasteiger partial charge in [-0.3, -0.25) is 4.79 Å². The Morgan fingerprint density at radius 3 is 2.79 bits per heavy atom. The van der Waals surface area contributed by atoms with E-state index < -0.39 is 0 Å². The van der Waals surface area contributed by atoms with Gasteiger partial charge in [0.1, 0.15) is 4.60 Å². The number of methoxy groups -OCH3 is 2. The molecule has 19 heavy (non-hydrogen) atoms. The molecule has 0 bridgehead atoms. The number of carbonyl (C=O) groups excluding carboxylic acids is 1. The molecule has 1 aromatic carbocycles. The van der Waals surface area contributed by atoms with Gasteiger partial charge < -0.3 is 14.0 Å². The van der Waals surface area contributed by atoms with Gasteiger partial charge in [0.25, 0.3) is 0 Å². The second-order valence-electron chi connectivity index (χ2n) is 3.77. The molecule has 0 saturated carbocycles. The van der Waals surface area contributed by atoms with E-state index in [0.29, 0.717) is 28.9 Å². The molecule has 0 aliphatic carbocycles. The first-order valence-corrected chi connectivity index (χ1v) is 6.28. The number of aldehydes is 1. The lowest BCUT2D eigenvalue weighted by molar-refractivity contribution is 0.111. The normalized spacial score (nSPS) is 11.0. The van der Waals surface area contributed by atoms with Gasteiger partial charge in [-0.25, -0.2) is 4.98 Å². The minimum absolute atomic E-state index is 0.155. The Bertz CT molecular complexity index is 643. The minimum atomic E-state index is 0.155. The first kappa shape index (κ1) is 12.2. The van der Waals surface area contributed by atoms with E-state index in [0.717, 1.165) is 5.56 Å². The van der Waals surface area contributed by atoms with Gasteiger partial charge in [-0.15, -0.1) is 0 Å². The summed E-state index contributed by atoms with van der Waals surface area (Å²) in [5, 5.41) is 0. The fraction of sp³-hybridized carbons (Fsp3) is 0.231. The summed E-state index contributed by atoms with van der Waals surface area (Å²) in [6, 6.07) is 5.44. The molecule has 5 nitrogen and oxygen atoms in total. The molecule has 0 aliphatic heterocycles. The SMILES string of the molecule is [2H]c1c(Br)nc(C=O)n1Cc1ccc(OC)c(OC)c1. The van der Waals surface area contributed by atoms with Crippen LogP contribution in [-0.4, -0.2) is 30.1 Å². The van der Waals surface area contributed by atoms with Crippen molar-refractivity contribution in [3.05, 3.63) is 40.4 Å². The van der Waals surface area contributed by atoms with Crippen LogP contribution < -0.4 is 9.47 Å². The van der Waals surface area contributed by atoms with Crippen molar-refractivity contribution in [2.45, 2.75) is 6.54 Å². The van der Waals surface area contributed by atoms with Gasteiger partial charge in [-0.05, 0) is 33.6 Å². The molecular formula is C13H13BrN2O3. The van der Waals surface area contributed by atoms with Crippen LogP contribution in [0.5, 0.6) is 11.5 Å². The van der Waals surface area contributed by atoms with E-state index in [-0.39, 0.29) is 12.0 Å². The third-order valence-electron chi connectivity index (χ3n) is 2.61. The van der Waals surface area contributed by atoms with Crippen LogP contribution in [0.3, 0.4) is 0 Å².